The van der Waals surface area contributed by atoms with Crippen LogP contribution >= 0.6 is 0 Å². The first-order valence-corrected chi connectivity index (χ1v) is 34.1. The van der Waals surface area contributed by atoms with Gasteiger partial charge in [0.05, 0.1) is 19.3 Å². The molecule has 4 bridgehead atoms. The van der Waals surface area contributed by atoms with Crippen LogP contribution in [0.4, 0.5) is 4.79 Å². The fourth-order valence-electron chi connectivity index (χ4n) is 19.3. The highest BCUT2D eigenvalue weighted by Gasteiger charge is 2.50. The third-order valence-corrected chi connectivity index (χ3v) is 23.5. The maximum atomic E-state index is 12.8. The number of carbonyl (C=O) groups excluding carboxylic acids is 2. The second-order valence-electron chi connectivity index (χ2n) is 28.1. The molecular weight excluding hydrogens is 1050 g/mol. The van der Waals surface area contributed by atoms with E-state index in [1.165, 1.54) is 147 Å². The molecule has 3 saturated carbocycles. The van der Waals surface area contributed by atoms with Crippen LogP contribution in [-0.4, -0.2) is 136 Å². The van der Waals surface area contributed by atoms with Crippen molar-refractivity contribution < 1.29 is 30.7 Å². The molecule has 15 rings (SSSR count). The number of ether oxygens (including phenoxy) is 2. The van der Waals surface area contributed by atoms with Crippen LogP contribution in [0.1, 0.15) is 205 Å². The Hall–Kier alpha value is -3.69. The zero-order valence-electron chi connectivity index (χ0n) is 50.4. The van der Waals surface area contributed by atoms with Crippen molar-refractivity contribution in [2.75, 3.05) is 65.3 Å². The third kappa shape index (κ3) is 13.6. The van der Waals surface area contributed by atoms with Gasteiger partial charge in [0.25, 0.3) is 0 Å². The minimum Gasteiger partial charge on any atom is -0.773 e. The van der Waals surface area contributed by atoms with Crippen LogP contribution in [0.5, 0.6) is 0 Å². The van der Waals surface area contributed by atoms with Crippen molar-refractivity contribution in [2.24, 2.45) is 23.7 Å². The van der Waals surface area contributed by atoms with Crippen molar-refractivity contribution in [1.82, 2.24) is 31.1 Å². The number of fused-ring (bicyclic) bond motifs is 10. The van der Waals surface area contributed by atoms with E-state index in [1.807, 2.05) is 0 Å². The van der Waals surface area contributed by atoms with E-state index in [-0.39, 0.29) is 46.0 Å². The fourth-order valence-corrected chi connectivity index (χ4v) is 19.3. The van der Waals surface area contributed by atoms with Crippen molar-refractivity contribution in [2.45, 2.75) is 228 Å². The Labute approximate surface area is 505 Å². The molecular formula is C70H109N6O6S-. The van der Waals surface area contributed by atoms with E-state index in [0.717, 1.165) is 74.5 Å². The molecule has 83 heavy (non-hydrogen) atoms. The highest BCUT2D eigenvalue weighted by molar-refractivity contribution is 7.78. The summed E-state index contributed by atoms with van der Waals surface area (Å²) in [7, 11) is 0. The summed E-state index contributed by atoms with van der Waals surface area (Å²) in [6.07, 6.45) is 32.4. The number of hydrogen-bond acceptors (Lipinski definition) is 10. The molecule has 0 aromatic heterocycles. The van der Waals surface area contributed by atoms with Crippen LogP contribution in [0, 0.1) is 23.7 Å². The van der Waals surface area contributed by atoms with Gasteiger partial charge in [-0.25, -0.2) is 4.79 Å². The molecule has 2 amide bonds. The average Bonchev–Trinajstić information content (AvgIpc) is 2.36. The number of carbonyl (C=O) groups is 2. The summed E-state index contributed by atoms with van der Waals surface area (Å²) >= 11 is -1.86. The molecule has 3 aromatic rings. The van der Waals surface area contributed by atoms with Crippen LogP contribution in [0.25, 0.3) is 0 Å². The summed E-state index contributed by atoms with van der Waals surface area (Å²) in [6.45, 7) is 14.3. The van der Waals surface area contributed by atoms with E-state index in [0.29, 0.717) is 42.2 Å². The molecule has 6 saturated heterocycles. The van der Waals surface area contributed by atoms with Crippen LogP contribution < -0.4 is 11.5 Å². The molecule has 4 N–H and O–H groups in total. The quantitative estimate of drug-likeness (QED) is 0.228. The smallest absolute Gasteiger partial charge is 0.410 e. The van der Waals surface area contributed by atoms with Gasteiger partial charge in [-0.15, -0.1) is 0 Å². The SMILES string of the molecule is C.CC(=O)N[C@H]1CC2(CCN(C3CCC[C@@H](C)C3)CC2)c2ccccc21.CS(=O)[O-].N.O=C(O[C@H]1CCOC1)N1C2CCC1CC(N1CCC3(CCc4ccccc43)CC1)C2.[HH].[HH].c1ccc2c(c1)CCC21CCN(C[C@H]2C[C@H]3CC[C@H]2C3)CC1. The zero-order valence-corrected chi connectivity index (χ0v) is 51.2. The highest BCUT2D eigenvalue weighted by Crippen LogP contribution is 2.53. The number of amides is 2. The minimum atomic E-state index is -1.86. The van der Waals surface area contributed by atoms with Crippen LogP contribution in [0.3, 0.4) is 0 Å². The van der Waals surface area contributed by atoms with Gasteiger partial charge in [-0.05, 0) is 242 Å². The van der Waals surface area contributed by atoms with Gasteiger partial charge < -0.3 is 45.1 Å². The van der Waals surface area contributed by atoms with Gasteiger partial charge in [-0.1, -0.05) is 117 Å². The van der Waals surface area contributed by atoms with E-state index in [1.54, 1.807) is 54.9 Å². The van der Waals surface area contributed by atoms with Gasteiger partial charge in [0, 0.05) is 52.3 Å². The number of aryl methyl sites for hydroxylation is 2. The second kappa shape index (κ2) is 27.1. The summed E-state index contributed by atoms with van der Waals surface area (Å²) in [4.78, 5) is 34.9. The Morgan fingerprint density at radius 1 is 0.675 bits per heavy atom. The Balaban J connectivity index is 0.000000159. The van der Waals surface area contributed by atoms with Crippen LogP contribution in [-0.2, 0) is 54.4 Å². The van der Waals surface area contributed by atoms with Gasteiger partial charge in [-0.2, -0.15) is 0 Å². The zero-order chi connectivity index (χ0) is 55.7. The van der Waals surface area contributed by atoms with Gasteiger partial charge in [-0.3, -0.25) is 9.00 Å². The fraction of sp³-hybridized carbons (Fsp3) is 0.714. The van der Waals surface area contributed by atoms with Crippen molar-refractivity contribution in [3.8, 4) is 0 Å². The molecule has 13 heteroatoms. The van der Waals surface area contributed by atoms with Crippen LogP contribution in [0.2, 0.25) is 0 Å². The number of piperidine rings is 4. The topological polar surface area (TPSA) is 153 Å². The molecule has 4 unspecified atom stereocenters. The predicted molar refractivity (Wildman–Crippen MR) is 338 cm³/mol. The Bertz CT molecular complexity index is 2650. The number of likely N-dealkylation sites (tertiary alicyclic amines) is 3. The van der Waals surface area contributed by atoms with Gasteiger partial charge >= 0.3 is 6.09 Å². The Kier molecular flexibility index (Phi) is 20.4. The summed E-state index contributed by atoms with van der Waals surface area (Å²) < 4.78 is 29.1. The first-order chi connectivity index (χ1) is 39.3. The molecule has 12 aliphatic rings. The maximum absolute atomic E-state index is 12.8. The second-order valence-corrected chi connectivity index (χ2v) is 28.9. The summed E-state index contributed by atoms with van der Waals surface area (Å²) in [5.74, 6) is 4.22. The van der Waals surface area contributed by atoms with Gasteiger partial charge in [0.1, 0.15) is 6.10 Å². The maximum Gasteiger partial charge on any atom is 0.410 e. The number of benzene rings is 3. The number of rotatable bonds is 6. The molecule has 0 radical (unpaired) electrons. The molecule has 9 fully saturated rings. The van der Waals surface area contributed by atoms with Crippen molar-refractivity contribution in [3.63, 3.8) is 0 Å². The van der Waals surface area contributed by atoms with E-state index in [4.69, 9.17) is 18.2 Å². The number of nitrogens with zero attached hydrogens (tertiary/aromatic N) is 4. The van der Waals surface area contributed by atoms with E-state index < -0.39 is 11.1 Å². The van der Waals surface area contributed by atoms with Gasteiger partial charge in [0.15, 0.2) is 0 Å². The summed E-state index contributed by atoms with van der Waals surface area (Å²) in [5, 5.41) is 3.20. The number of hydrogen-bond donors (Lipinski definition) is 2. The lowest BCUT2D eigenvalue weighted by atomic mass is 9.73. The van der Waals surface area contributed by atoms with E-state index in [9.17, 15) is 9.59 Å². The molecule has 12 nitrogen and oxygen atoms in total. The van der Waals surface area contributed by atoms with E-state index >= 15 is 0 Å². The predicted octanol–water partition coefficient (Wildman–Crippen LogP) is 13.3. The monoisotopic (exact) mass is 1160 g/mol. The van der Waals surface area contributed by atoms with E-state index in [2.05, 4.69) is 105 Å². The normalized spacial score (nSPS) is 32.5. The Morgan fingerprint density at radius 3 is 1.80 bits per heavy atom. The first kappa shape index (κ1) is 62.4. The standard InChI is InChI=1S/C25H34N2O3.C22H32N2O.C21H29N.CH4O2S.CH4.H3N.2H2/c28-24(30-22-8-14-29-17-22)27-19-5-6-20(27)16-21(15-19)26-12-10-25(11-13-26)9-7-18-3-1-2-4-23(18)25;1-16-6-5-7-18(14-16)24-12-10-22(11-13-24)15-21(23-17(2)25)19-8-3-4-9-20(19)22;1-2-4-20-17(3-1)7-8-21(20)9-11-22(12-10-21)15-19-14-16-5-6-18(19)13-16;1-4(2)3;;;;/h1-4,19-22H,5-17H2;3-4,8-9,16,18,21H,5-7,10-15H2,1-2H3,(H,23,25);1-4,16,18-19H,5-15H2;1H3,(H,2,3);1H4;1H3;2*1H/p-1/t19?,20?,21?,22-;16-,18?,21+;16-,18-,19+;;;;;/m010...../s1. The molecule has 6 aliphatic carbocycles. The molecule has 3 spiro atoms. The molecule has 6 heterocycles. The van der Waals surface area contributed by atoms with Crippen molar-refractivity contribution in [1.29, 1.82) is 0 Å². The van der Waals surface area contributed by atoms with Gasteiger partial charge in [0.2, 0.25) is 5.91 Å². The first-order valence-electron chi connectivity index (χ1n) is 32.7. The lowest BCUT2D eigenvalue weighted by molar-refractivity contribution is -0.119. The average molecular weight is 1160 g/mol. The largest absolute Gasteiger partial charge is 0.773 e. The minimum absolute atomic E-state index is 0. The van der Waals surface area contributed by atoms with Crippen LogP contribution in [0.15, 0.2) is 72.8 Å². The molecule has 10 atom stereocenters. The molecule has 462 valence electrons. The number of nitrogens with one attached hydrogen (secondary N) is 1. The van der Waals surface area contributed by atoms with Crippen molar-refractivity contribution in [3.05, 3.63) is 106 Å². The lowest BCUT2D eigenvalue weighted by Gasteiger charge is -2.47. The molecule has 3 aromatic carbocycles. The lowest BCUT2D eigenvalue weighted by Crippen LogP contribution is -2.55. The highest BCUT2D eigenvalue weighted by atomic mass is 32.2. The van der Waals surface area contributed by atoms with Crippen molar-refractivity contribution >= 4 is 23.1 Å². The summed E-state index contributed by atoms with van der Waals surface area (Å²) in [6, 6.07) is 29.6. The summed E-state index contributed by atoms with van der Waals surface area (Å²) in [5.41, 5.74) is 10.7. The molecule has 6 aliphatic heterocycles. The Morgan fingerprint density at radius 2 is 1.24 bits per heavy atom. The third-order valence-electron chi connectivity index (χ3n) is 23.5.